The zero-order chi connectivity index (χ0) is 13.1. The molecule has 0 bridgehead atoms. The van der Waals surface area contributed by atoms with E-state index in [9.17, 15) is 0 Å². The van der Waals surface area contributed by atoms with Gasteiger partial charge in [-0.05, 0) is 18.9 Å². The van der Waals surface area contributed by atoms with Crippen molar-refractivity contribution in [3.8, 4) is 11.6 Å². The van der Waals surface area contributed by atoms with Crippen LogP contribution < -0.4 is 5.73 Å². The molecule has 0 saturated carbocycles. The van der Waals surface area contributed by atoms with Crippen LogP contribution in [0.15, 0.2) is 9.90 Å². The molecule has 2 aromatic heterocycles. The van der Waals surface area contributed by atoms with Gasteiger partial charge in [-0.1, -0.05) is 5.16 Å². The molecular formula is C12H16N4O2S. The van der Waals surface area contributed by atoms with Crippen LogP contribution in [0.1, 0.15) is 17.3 Å². The lowest BCUT2D eigenvalue weighted by atomic mass is 10.1. The third-order valence-electron chi connectivity index (χ3n) is 3.09. The van der Waals surface area contributed by atoms with Crippen LogP contribution in [0.25, 0.3) is 11.6 Å². The molecule has 1 saturated heterocycles. The Morgan fingerprint density at radius 1 is 1.42 bits per heavy atom. The van der Waals surface area contributed by atoms with Crippen LogP contribution in [-0.2, 0) is 17.6 Å². The minimum absolute atomic E-state index is 0.494. The lowest BCUT2D eigenvalue weighted by Crippen LogP contribution is -2.04. The van der Waals surface area contributed by atoms with Gasteiger partial charge in [0, 0.05) is 31.4 Å². The van der Waals surface area contributed by atoms with E-state index < -0.39 is 0 Å². The third-order valence-corrected chi connectivity index (χ3v) is 4.00. The Labute approximate surface area is 115 Å². The number of thiazole rings is 1. The molecule has 3 heterocycles. The van der Waals surface area contributed by atoms with Crippen LogP contribution in [0.5, 0.6) is 0 Å². The molecule has 0 aromatic carbocycles. The summed E-state index contributed by atoms with van der Waals surface area (Å²) in [6.45, 7) is 2.23. The maximum atomic E-state index is 5.51. The average molecular weight is 280 g/mol. The first-order valence-corrected chi connectivity index (χ1v) is 7.28. The molecule has 1 atom stereocenters. The molecule has 6 nitrogen and oxygen atoms in total. The van der Waals surface area contributed by atoms with Crippen molar-refractivity contribution >= 4 is 11.3 Å². The van der Waals surface area contributed by atoms with E-state index in [-0.39, 0.29) is 0 Å². The van der Waals surface area contributed by atoms with Gasteiger partial charge in [0.2, 0.25) is 0 Å². The van der Waals surface area contributed by atoms with Crippen LogP contribution in [0, 0.1) is 5.92 Å². The van der Waals surface area contributed by atoms with Gasteiger partial charge in [-0.15, -0.1) is 11.3 Å². The van der Waals surface area contributed by atoms with E-state index in [4.69, 9.17) is 15.0 Å². The van der Waals surface area contributed by atoms with E-state index in [0.717, 1.165) is 49.0 Å². The van der Waals surface area contributed by atoms with E-state index in [0.29, 0.717) is 18.4 Å². The summed E-state index contributed by atoms with van der Waals surface area (Å²) < 4.78 is 10.6. The third kappa shape index (κ3) is 2.99. The molecule has 0 radical (unpaired) electrons. The number of nitrogens with two attached hydrogens (primary N) is 1. The van der Waals surface area contributed by atoms with Crippen LogP contribution in [-0.4, -0.2) is 34.9 Å². The van der Waals surface area contributed by atoms with Crippen molar-refractivity contribution in [2.75, 3.05) is 19.8 Å². The quantitative estimate of drug-likeness (QED) is 0.887. The van der Waals surface area contributed by atoms with E-state index in [1.54, 1.807) is 11.3 Å². The molecule has 3 rings (SSSR count). The second kappa shape index (κ2) is 5.77. The van der Waals surface area contributed by atoms with Gasteiger partial charge in [-0.3, -0.25) is 0 Å². The van der Waals surface area contributed by atoms with Crippen LogP contribution >= 0.6 is 11.3 Å². The summed E-state index contributed by atoms with van der Waals surface area (Å²) in [6, 6.07) is 0. The van der Waals surface area contributed by atoms with Crippen molar-refractivity contribution in [3.05, 3.63) is 16.2 Å². The topological polar surface area (TPSA) is 87.1 Å². The first-order valence-electron chi connectivity index (χ1n) is 6.40. The number of hydrogen-bond donors (Lipinski definition) is 1. The Bertz CT molecular complexity index is 533. The lowest BCUT2D eigenvalue weighted by molar-refractivity contribution is 0.185. The molecule has 0 aliphatic carbocycles. The highest BCUT2D eigenvalue weighted by atomic mass is 32.1. The first kappa shape index (κ1) is 12.7. The summed E-state index contributed by atoms with van der Waals surface area (Å²) in [5, 5.41) is 6.94. The van der Waals surface area contributed by atoms with Crippen molar-refractivity contribution < 1.29 is 9.26 Å². The van der Waals surface area contributed by atoms with Gasteiger partial charge < -0.3 is 15.0 Å². The van der Waals surface area contributed by atoms with E-state index in [2.05, 4.69) is 15.1 Å². The summed E-state index contributed by atoms with van der Waals surface area (Å²) in [5.74, 6) is 1.74. The van der Waals surface area contributed by atoms with Gasteiger partial charge in [0.15, 0.2) is 5.82 Å². The normalized spacial score (nSPS) is 19.1. The van der Waals surface area contributed by atoms with Crippen molar-refractivity contribution in [2.24, 2.45) is 11.7 Å². The van der Waals surface area contributed by atoms with Crippen molar-refractivity contribution in [2.45, 2.75) is 19.3 Å². The van der Waals surface area contributed by atoms with E-state index >= 15 is 0 Å². The fourth-order valence-corrected chi connectivity index (χ4v) is 2.88. The van der Waals surface area contributed by atoms with Gasteiger partial charge in [-0.25, -0.2) is 4.98 Å². The zero-order valence-corrected chi connectivity index (χ0v) is 11.4. The molecule has 102 valence electrons. The summed E-state index contributed by atoms with van der Waals surface area (Å²) in [5.41, 5.74) is 6.25. The molecule has 1 aliphatic heterocycles. The highest BCUT2D eigenvalue weighted by Gasteiger charge is 2.20. The molecule has 1 aliphatic rings. The smallest absolute Gasteiger partial charge is 0.277 e. The SMILES string of the molecule is NCCc1nc(-c2nc(CC3CCOC3)no2)cs1. The summed E-state index contributed by atoms with van der Waals surface area (Å²) in [7, 11) is 0. The van der Waals surface area contributed by atoms with Crippen LogP contribution in [0.2, 0.25) is 0 Å². The monoisotopic (exact) mass is 280 g/mol. The highest BCUT2D eigenvalue weighted by Crippen LogP contribution is 2.22. The van der Waals surface area contributed by atoms with E-state index in [1.165, 1.54) is 0 Å². The fourth-order valence-electron chi connectivity index (χ4n) is 2.09. The van der Waals surface area contributed by atoms with Crippen molar-refractivity contribution in [1.29, 1.82) is 0 Å². The van der Waals surface area contributed by atoms with Gasteiger partial charge in [0.25, 0.3) is 5.89 Å². The summed E-state index contributed by atoms with van der Waals surface area (Å²) in [6.07, 6.45) is 2.66. The second-order valence-electron chi connectivity index (χ2n) is 4.61. The van der Waals surface area contributed by atoms with Gasteiger partial charge >= 0.3 is 0 Å². The highest BCUT2D eigenvalue weighted by molar-refractivity contribution is 7.09. The number of nitrogens with zero attached hydrogens (tertiary/aromatic N) is 3. The Balaban J connectivity index is 1.68. The predicted octanol–water partition coefficient (Wildman–Crippen LogP) is 1.27. The number of aromatic nitrogens is 3. The van der Waals surface area contributed by atoms with Crippen LogP contribution in [0.4, 0.5) is 0 Å². The standard InChI is InChI=1S/C12H16N4O2S/c13-3-1-11-14-9(7-19-11)12-15-10(16-18-12)5-8-2-4-17-6-8/h7-8H,1-6,13H2. The van der Waals surface area contributed by atoms with Gasteiger partial charge in [-0.2, -0.15) is 4.98 Å². The lowest BCUT2D eigenvalue weighted by Gasteiger charge is -2.00. The summed E-state index contributed by atoms with van der Waals surface area (Å²) >= 11 is 1.57. The number of ether oxygens (including phenoxy) is 1. The minimum atomic E-state index is 0.494. The van der Waals surface area contributed by atoms with Gasteiger partial charge in [0.1, 0.15) is 5.69 Å². The largest absolute Gasteiger partial charge is 0.381 e. The Hall–Kier alpha value is -1.31. The average Bonchev–Trinajstić information content (AvgIpc) is 3.10. The fraction of sp³-hybridized carbons (Fsp3) is 0.583. The maximum Gasteiger partial charge on any atom is 0.277 e. The molecule has 0 amide bonds. The molecule has 19 heavy (non-hydrogen) atoms. The van der Waals surface area contributed by atoms with Crippen molar-refractivity contribution in [1.82, 2.24) is 15.1 Å². The molecule has 2 N–H and O–H groups in total. The van der Waals surface area contributed by atoms with Gasteiger partial charge in [0.05, 0.1) is 5.01 Å². The number of hydrogen-bond acceptors (Lipinski definition) is 7. The van der Waals surface area contributed by atoms with E-state index in [1.807, 2.05) is 5.38 Å². The predicted molar refractivity (Wildman–Crippen MR) is 70.8 cm³/mol. The second-order valence-corrected chi connectivity index (χ2v) is 5.56. The molecule has 1 unspecified atom stereocenters. The first-order chi connectivity index (χ1) is 9.35. The molecule has 0 spiro atoms. The molecule has 7 heteroatoms. The molecular weight excluding hydrogens is 264 g/mol. The van der Waals surface area contributed by atoms with Crippen molar-refractivity contribution in [3.63, 3.8) is 0 Å². The maximum absolute atomic E-state index is 5.51. The molecule has 2 aromatic rings. The minimum Gasteiger partial charge on any atom is -0.381 e. The van der Waals surface area contributed by atoms with Crippen LogP contribution in [0.3, 0.4) is 0 Å². The Morgan fingerprint density at radius 3 is 3.16 bits per heavy atom. The number of rotatable bonds is 5. The zero-order valence-electron chi connectivity index (χ0n) is 10.5. The Kier molecular flexibility index (Phi) is 3.86. The molecule has 1 fully saturated rings. The Morgan fingerprint density at radius 2 is 2.37 bits per heavy atom. The summed E-state index contributed by atoms with van der Waals surface area (Å²) in [4.78, 5) is 8.83.